The van der Waals surface area contributed by atoms with Crippen molar-refractivity contribution in [2.75, 3.05) is 26.3 Å². The lowest BCUT2D eigenvalue weighted by Gasteiger charge is -2.27. The molecule has 0 unspecified atom stereocenters. The monoisotopic (exact) mass is 267 g/mol. The molecule has 0 aliphatic carbocycles. The predicted octanol–water partition coefficient (Wildman–Crippen LogP) is 2.01. The third-order valence-electron chi connectivity index (χ3n) is 3.09. The molecule has 1 saturated heterocycles. The second-order valence-corrected chi connectivity index (χ2v) is 4.34. The van der Waals surface area contributed by atoms with Crippen molar-refractivity contribution < 1.29 is 18.3 Å². The van der Waals surface area contributed by atoms with Crippen molar-refractivity contribution in [3.8, 4) is 0 Å². The molecule has 0 spiro atoms. The smallest absolute Gasteiger partial charge is 0.227 e. The first kappa shape index (κ1) is 13.7. The molecule has 1 amide bonds. The van der Waals surface area contributed by atoms with Crippen LogP contribution in [0.5, 0.6) is 0 Å². The van der Waals surface area contributed by atoms with Crippen molar-refractivity contribution in [3.05, 3.63) is 41.5 Å². The Labute approximate surface area is 110 Å². The summed E-state index contributed by atoms with van der Waals surface area (Å²) in [5.41, 5.74) is 0.166. The van der Waals surface area contributed by atoms with Crippen LogP contribution in [0.15, 0.2) is 18.7 Å². The van der Waals surface area contributed by atoms with E-state index in [2.05, 4.69) is 6.58 Å². The van der Waals surface area contributed by atoms with Crippen molar-refractivity contribution in [2.24, 2.45) is 0 Å². The first-order chi connectivity index (χ1) is 9.11. The molecule has 0 aromatic heterocycles. The van der Waals surface area contributed by atoms with Gasteiger partial charge in [-0.25, -0.2) is 8.78 Å². The van der Waals surface area contributed by atoms with E-state index < -0.39 is 11.6 Å². The molecule has 1 aromatic rings. The van der Waals surface area contributed by atoms with Crippen LogP contribution in [0.4, 0.5) is 8.78 Å². The number of hydrogen-bond donors (Lipinski definition) is 0. The van der Waals surface area contributed by atoms with Gasteiger partial charge in [-0.3, -0.25) is 4.79 Å². The van der Waals surface area contributed by atoms with E-state index in [0.717, 1.165) is 12.1 Å². The Morgan fingerprint density at radius 1 is 1.32 bits per heavy atom. The molecule has 0 saturated carbocycles. The molecule has 5 heteroatoms. The number of nitrogens with zero attached hydrogens (tertiary/aromatic N) is 1. The minimum atomic E-state index is -0.585. The summed E-state index contributed by atoms with van der Waals surface area (Å²) in [5.74, 6) is -1.37. The Bertz CT molecular complexity index is 496. The van der Waals surface area contributed by atoms with Crippen LogP contribution >= 0.6 is 0 Å². The Balaban J connectivity index is 2.12. The highest BCUT2D eigenvalue weighted by Crippen LogP contribution is 2.17. The zero-order valence-electron chi connectivity index (χ0n) is 10.5. The van der Waals surface area contributed by atoms with Crippen molar-refractivity contribution >= 4 is 12.0 Å². The highest BCUT2D eigenvalue weighted by molar-refractivity contribution is 5.79. The van der Waals surface area contributed by atoms with Gasteiger partial charge in [0.05, 0.1) is 19.6 Å². The number of halogens is 2. The average molecular weight is 267 g/mol. The fourth-order valence-electron chi connectivity index (χ4n) is 1.98. The summed E-state index contributed by atoms with van der Waals surface area (Å²) in [7, 11) is 0. The minimum absolute atomic E-state index is 0.0691. The summed E-state index contributed by atoms with van der Waals surface area (Å²) < 4.78 is 32.4. The quantitative estimate of drug-likeness (QED) is 0.838. The molecule has 0 radical (unpaired) electrons. The topological polar surface area (TPSA) is 29.5 Å². The van der Waals surface area contributed by atoms with E-state index in [1.165, 1.54) is 6.08 Å². The molecule has 1 aliphatic rings. The standard InChI is InChI=1S/C14H15F2NO2/c1-2-10-7-13(16)11(8-12(10)15)9-14(18)17-3-5-19-6-4-17/h2,7-8H,1,3-6,9H2. The number of hydrogen-bond acceptors (Lipinski definition) is 2. The molecule has 2 rings (SSSR count). The lowest BCUT2D eigenvalue weighted by atomic mass is 10.1. The SMILES string of the molecule is C=Cc1cc(F)c(CC(=O)N2CCOCC2)cc1F. The summed E-state index contributed by atoms with van der Waals surface area (Å²) in [4.78, 5) is 13.5. The Morgan fingerprint density at radius 3 is 2.63 bits per heavy atom. The first-order valence-electron chi connectivity index (χ1n) is 6.07. The third kappa shape index (κ3) is 3.17. The van der Waals surface area contributed by atoms with Crippen molar-refractivity contribution in [1.29, 1.82) is 0 Å². The van der Waals surface area contributed by atoms with Gasteiger partial charge in [-0.2, -0.15) is 0 Å². The molecule has 0 N–H and O–H groups in total. The van der Waals surface area contributed by atoms with Crippen molar-refractivity contribution in [2.45, 2.75) is 6.42 Å². The number of benzene rings is 1. The molecule has 19 heavy (non-hydrogen) atoms. The zero-order valence-corrected chi connectivity index (χ0v) is 10.5. The summed E-state index contributed by atoms with van der Waals surface area (Å²) in [6.45, 7) is 5.36. The molecule has 3 nitrogen and oxygen atoms in total. The average Bonchev–Trinajstić information content (AvgIpc) is 2.43. The fraction of sp³-hybridized carbons (Fsp3) is 0.357. The Kier molecular flexibility index (Phi) is 4.27. The van der Waals surface area contributed by atoms with Gasteiger partial charge >= 0.3 is 0 Å². The van der Waals surface area contributed by atoms with Gasteiger partial charge in [-0.1, -0.05) is 12.7 Å². The van der Waals surface area contributed by atoms with Gasteiger partial charge in [0.25, 0.3) is 0 Å². The molecule has 1 fully saturated rings. The number of rotatable bonds is 3. The van der Waals surface area contributed by atoms with E-state index in [1.54, 1.807) is 4.90 Å². The van der Waals surface area contributed by atoms with Crippen LogP contribution in [0.2, 0.25) is 0 Å². The predicted molar refractivity (Wildman–Crippen MR) is 67.6 cm³/mol. The van der Waals surface area contributed by atoms with Gasteiger partial charge in [0.1, 0.15) is 11.6 Å². The number of ether oxygens (including phenoxy) is 1. The number of carbonyl (C=O) groups is 1. The van der Waals surface area contributed by atoms with Crippen LogP contribution < -0.4 is 0 Å². The van der Waals surface area contributed by atoms with E-state index in [0.29, 0.717) is 26.3 Å². The molecule has 0 atom stereocenters. The molecule has 102 valence electrons. The van der Waals surface area contributed by atoms with E-state index >= 15 is 0 Å². The highest BCUT2D eigenvalue weighted by atomic mass is 19.1. The maximum absolute atomic E-state index is 13.7. The Morgan fingerprint density at radius 2 is 2.00 bits per heavy atom. The van der Waals surface area contributed by atoms with E-state index in [4.69, 9.17) is 4.74 Å². The summed E-state index contributed by atoms with van der Waals surface area (Å²) in [5, 5.41) is 0. The van der Waals surface area contributed by atoms with Crippen LogP contribution in [0.25, 0.3) is 6.08 Å². The largest absolute Gasteiger partial charge is 0.378 e. The molecular weight excluding hydrogens is 252 g/mol. The van der Waals surface area contributed by atoms with Crippen LogP contribution in [0.3, 0.4) is 0 Å². The molecule has 1 aromatic carbocycles. The van der Waals surface area contributed by atoms with Crippen LogP contribution in [-0.4, -0.2) is 37.1 Å². The summed E-state index contributed by atoms with van der Waals surface area (Å²) in [6, 6.07) is 2.12. The van der Waals surface area contributed by atoms with Crippen molar-refractivity contribution in [1.82, 2.24) is 4.90 Å². The lowest BCUT2D eigenvalue weighted by Crippen LogP contribution is -2.41. The third-order valence-corrected chi connectivity index (χ3v) is 3.09. The maximum Gasteiger partial charge on any atom is 0.227 e. The molecular formula is C14H15F2NO2. The zero-order chi connectivity index (χ0) is 13.8. The van der Waals surface area contributed by atoms with Crippen LogP contribution in [-0.2, 0) is 16.0 Å². The molecule has 1 aliphatic heterocycles. The number of morpholine rings is 1. The van der Waals surface area contributed by atoms with Gasteiger partial charge in [0.15, 0.2) is 0 Å². The van der Waals surface area contributed by atoms with Crippen LogP contribution in [0, 0.1) is 11.6 Å². The van der Waals surface area contributed by atoms with E-state index in [1.807, 2.05) is 0 Å². The van der Waals surface area contributed by atoms with Gasteiger partial charge in [0.2, 0.25) is 5.91 Å². The Hall–Kier alpha value is -1.75. The fourth-order valence-corrected chi connectivity index (χ4v) is 1.98. The van der Waals surface area contributed by atoms with Crippen molar-refractivity contribution in [3.63, 3.8) is 0 Å². The normalized spacial score (nSPS) is 15.4. The highest BCUT2D eigenvalue weighted by Gasteiger charge is 2.19. The van der Waals surface area contributed by atoms with E-state index in [9.17, 15) is 13.6 Å². The molecule has 1 heterocycles. The second-order valence-electron chi connectivity index (χ2n) is 4.34. The van der Waals surface area contributed by atoms with Gasteiger partial charge in [-0.05, 0) is 12.1 Å². The van der Waals surface area contributed by atoms with E-state index in [-0.39, 0.29) is 23.5 Å². The second kappa shape index (κ2) is 5.93. The van der Waals surface area contributed by atoms with Gasteiger partial charge in [-0.15, -0.1) is 0 Å². The van der Waals surface area contributed by atoms with Gasteiger partial charge < -0.3 is 9.64 Å². The van der Waals surface area contributed by atoms with Gasteiger partial charge in [0, 0.05) is 24.2 Å². The lowest BCUT2D eigenvalue weighted by molar-refractivity contribution is -0.134. The number of amides is 1. The maximum atomic E-state index is 13.7. The minimum Gasteiger partial charge on any atom is -0.378 e. The first-order valence-corrected chi connectivity index (χ1v) is 6.07. The molecule has 0 bridgehead atoms. The summed E-state index contributed by atoms with van der Waals surface area (Å²) >= 11 is 0. The summed E-state index contributed by atoms with van der Waals surface area (Å²) in [6.07, 6.45) is 1.10. The van der Waals surface area contributed by atoms with Crippen LogP contribution in [0.1, 0.15) is 11.1 Å². The number of carbonyl (C=O) groups excluding carboxylic acids is 1.